The van der Waals surface area contributed by atoms with Crippen molar-refractivity contribution in [3.63, 3.8) is 0 Å². The molecule has 0 unspecified atom stereocenters. The van der Waals surface area contributed by atoms with E-state index in [4.69, 9.17) is 9.47 Å². The molecule has 0 aliphatic heterocycles. The minimum Gasteiger partial charge on any atom is -0.497 e. The first-order valence-corrected chi connectivity index (χ1v) is 6.57. The Balaban J connectivity index is 2.53. The van der Waals surface area contributed by atoms with Crippen molar-refractivity contribution in [3.8, 4) is 11.5 Å². The molecule has 0 saturated carbocycles. The van der Waals surface area contributed by atoms with Crippen LogP contribution in [0.2, 0.25) is 0 Å². The number of nitrogens with one attached hydrogen (secondary N) is 1. The van der Waals surface area contributed by atoms with Crippen LogP contribution in [0.1, 0.15) is 0 Å². The Morgan fingerprint density at radius 1 is 1.35 bits per heavy atom. The third kappa shape index (κ3) is 5.21. The van der Waals surface area contributed by atoms with Gasteiger partial charge in [-0.15, -0.1) is 0 Å². The normalized spacial score (nSPS) is 10.7. The molecule has 0 radical (unpaired) electrons. The molecule has 0 spiro atoms. The van der Waals surface area contributed by atoms with Crippen molar-refractivity contribution in [2.75, 3.05) is 20.0 Å². The van der Waals surface area contributed by atoms with Gasteiger partial charge in [-0.1, -0.05) is 6.07 Å². The number of ether oxygens (including phenoxy) is 2. The maximum Gasteiger partial charge on any atom is 0.271 e. The standard InChI is InChI=1S/C10H13NO5S/c1-15-8-4-3-5-9(6-8)16-7-10(12)11-17(2,13)14/h3-6H,7H2,1-2H3,(H,11,12). The van der Waals surface area contributed by atoms with E-state index in [9.17, 15) is 13.2 Å². The Hall–Kier alpha value is -1.76. The molecule has 0 heterocycles. The number of methoxy groups -OCH3 is 1. The van der Waals surface area contributed by atoms with Crippen LogP contribution in [0.5, 0.6) is 11.5 Å². The van der Waals surface area contributed by atoms with Crippen molar-refractivity contribution in [2.24, 2.45) is 0 Å². The monoisotopic (exact) mass is 259 g/mol. The van der Waals surface area contributed by atoms with Crippen molar-refractivity contribution in [3.05, 3.63) is 24.3 Å². The summed E-state index contributed by atoms with van der Waals surface area (Å²) in [6.45, 7) is -0.375. The largest absolute Gasteiger partial charge is 0.497 e. The zero-order valence-electron chi connectivity index (χ0n) is 9.47. The second-order valence-electron chi connectivity index (χ2n) is 3.27. The van der Waals surface area contributed by atoms with Gasteiger partial charge in [0.2, 0.25) is 10.0 Å². The van der Waals surface area contributed by atoms with Crippen LogP contribution in [0.4, 0.5) is 0 Å². The van der Waals surface area contributed by atoms with Crippen molar-refractivity contribution < 1.29 is 22.7 Å². The van der Waals surface area contributed by atoms with E-state index in [-0.39, 0.29) is 6.61 Å². The molecule has 1 aromatic carbocycles. The maximum absolute atomic E-state index is 11.1. The molecule has 1 amide bonds. The molecule has 0 bridgehead atoms. The first-order chi connectivity index (χ1) is 7.90. The van der Waals surface area contributed by atoms with Crippen LogP contribution in [0.15, 0.2) is 24.3 Å². The molecule has 0 fully saturated rings. The lowest BCUT2D eigenvalue weighted by atomic mass is 10.3. The summed E-state index contributed by atoms with van der Waals surface area (Å²) in [5, 5.41) is 0. The lowest BCUT2D eigenvalue weighted by Gasteiger charge is -2.07. The molecule has 1 rings (SSSR count). The zero-order valence-corrected chi connectivity index (χ0v) is 10.3. The summed E-state index contributed by atoms with van der Waals surface area (Å²) in [7, 11) is -2.04. The highest BCUT2D eigenvalue weighted by Crippen LogP contribution is 2.18. The number of carbonyl (C=O) groups is 1. The van der Waals surface area contributed by atoms with E-state index in [0.717, 1.165) is 6.26 Å². The molecule has 7 heteroatoms. The zero-order chi connectivity index (χ0) is 12.9. The van der Waals surface area contributed by atoms with Gasteiger partial charge in [-0.25, -0.2) is 8.42 Å². The molecule has 0 saturated heterocycles. The number of amides is 1. The minimum atomic E-state index is -3.54. The molecule has 0 aliphatic carbocycles. The Morgan fingerprint density at radius 2 is 2.00 bits per heavy atom. The summed E-state index contributed by atoms with van der Waals surface area (Å²) in [6.07, 6.45) is 0.899. The molecular weight excluding hydrogens is 246 g/mol. The Kier molecular flexibility index (Phi) is 4.33. The van der Waals surface area contributed by atoms with Gasteiger partial charge in [0, 0.05) is 6.07 Å². The Labute approximate surface area is 99.6 Å². The van der Waals surface area contributed by atoms with Gasteiger partial charge < -0.3 is 9.47 Å². The summed E-state index contributed by atoms with van der Waals surface area (Å²) in [4.78, 5) is 11.1. The van der Waals surface area contributed by atoms with Gasteiger partial charge in [0.25, 0.3) is 5.91 Å². The van der Waals surface area contributed by atoms with Crippen LogP contribution >= 0.6 is 0 Å². The first-order valence-electron chi connectivity index (χ1n) is 4.68. The molecule has 1 N–H and O–H groups in total. The van der Waals surface area contributed by atoms with E-state index in [0.29, 0.717) is 11.5 Å². The fourth-order valence-corrected chi connectivity index (χ4v) is 1.55. The molecule has 0 aromatic heterocycles. The van der Waals surface area contributed by atoms with Crippen LogP contribution in [0.25, 0.3) is 0 Å². The number of rotatable bonds is 5. The fraction of sp³-hybridized carbons (Fsp3) is 0.300. The third-order valence-electron chi connectivity index (χ3n) is 1.71. The van der Waals surface area contributed by atoms with Gasteiger partial charge >= 0.3 is 0 Å². The van der Waals surface area contributed by atoms with Crippen molar-refractivity contribution in [2.45, 2.75) is 0 Å². The molecule has 6 nitrogen and oxygen atoms in total. The highest BCUT2D eigenvalue weighted by Gasteiger charge is 2.08. The molecule has 0 atom stereocenters. The molecule has 1 aromatic rings. The summed E-state index contributed by atoms with van der Waals surface area (Å²) in [5.41, 5.74) is 0. The third-order valence-corrected chi connectivity index (χ3v) is 2.31. The van der Waals surface area contributed by atoms with Crippen LogP contribution < -0.4 is 14.2 Å². The van der Waals surface area contributed by atoms with E-state index in [2.05, 4.69) is 0 Å². The predicted molar refractivity (Wildman–Crippen MR) is 61.5 cm³/mol. The SMILES string of the molecule is COc1cccc(OCC(=O)NS(C)(=O)=O)c1. The first kappa shape index (κ1) is 13.3. The highest BCUT2D eigenvalue weighted by molar-refractivity contribution is 7.89. The number of hydrogen-bond acceptors (Lipinski definition) is 5. The van der Waals surface area contributed by atoms with Crippen LogP contribution in [0.3, 0.4) is 0 Å². The van der Waals surface area contributed by atoms with Crippen molar-refractivity contribution in [1.29, 1.82) is 0 Å². The Bertz CT molecular complexity index is 497. The topological polar surface area (TPSA) is 81.7 Å². The van der Waals surface area contributed by atoms with Gasteiger partial charge in [0.05, 0.1) is 13.4 Å². The number of benzene rings is 1. The van der Waals surface area contributed by atoms with Crippen LogP contribution in [0, 0.1) is 0 Å². The van der Waals surface area contributed by atoms with Crippen LogP contribution in [-0.2, 0) is 14.8 Å². The molecule has 94 valence electrons. The smallest absolute Gasteiger partial charge is 0.271 e. The molecule has 0 aliphatic rings. The summed E-state index contributed by atoms with van der Waals surface area (Å²) in [6, 6.07) is 6.65. The summed E-state index contributed by atoms with van der Waals surface area (Å²) >= 11 is 0. The molecule has 17 heavy (non-hydrogen) atoms. The summed E-state index contributed by atoms with van der Waals surface area (Å²) in [5.74, 6) is 0.286. The van der Waals surface area contributed by atoms with Gasteiger partial charge in [0.15, 0.2) is 6.61 Å². The van der Waals surface area contributed by atoms with Gasteiger partial charge in [-0.05, 0) is 12.1 Å². The van der Waals surface area contributed by atoms with Crippen molar-refractivity contribution >= 4 is 15.9 Å². The lowest BCUT2D eigenvalue weighted by Crippen LogP contribution is -2.33. The number of hydrogen-bond donors (Lipinski definition) is 1. The van der Waals surface area contributed by atoms with E-state index >= 15 is 0 Å². The quantitative estimate of drug-likeness (QED) is 0.814. The number of carbonyl (C=O) groups excluding carboxylic acids is 1. The van der Waals surface area contributed by atoms with E-state index in [1.54, 1.807) is 29.0 Å². The fourth-order valence-electron chi connectivity index (χ4n) is 1.08. The average molecular weight is 259 g/mol. The average Bonchev–Trinajstić information content (AvgIpc) is 2.24. The molecular formula is C10H13NO5S. The van der Waals surface area contributed by atoms with Gasteiger partial charge in [0.1, 0.15) is 11.5 Å². The van der Waals surface area contributed by atoms with E-state index in [1.165, 1.54) is 7.11 Å². The Morgan fingerprint density at radius 3 is 2.59 bits per heavy atom. The van der Waals surface area contributed by atoms with Gasteiger partial charge in [-0.2, -0.15) is 0 Å². The van der Waals surface area contributed by atoms with Crippen molar-refractivity contribution in [1.82, 2.24) is 4.72 Å². The van der Waals surface area contributed by atoms with Crippen LogP contribution in [-0.4, -0.2) is 34.3 Å². The van der Waals surface area contributed by atoms with E-state index < -0.39 is 15.9 Å². The second-order valence-corrected chi connectivity index (χ2v) is 5.01. The minimum absolute atomic E-state index is 0.375. The van der Waals surface area contributed by atoms with E-state index in [1.807, 2.05) is 0 Å². The summed E-state index contributed by atoms with van der Waals surface area (Å²) < 4.78 is 33.4. The van der Waals surface area contributed by atoms with Gasteiger partial charge in [-0.3, -0.25) is 9.52 Å². The predicted octanol–water partition coefficient (Wildman–Crippen LogP) is 0.150. The number of sulfonamides is 1. The highest BCUT2D eigenvalue weighted by atomic mass is 32.2. The maximum atomic E-state index is 11.1. The lowest BCUT2D eigenvalue weighted by molar-refractivity contribution is -0.121. The second kappa shape index (κ2) is 5.53.